The second-order valence-electron chi connectivity index (χ2n) is 6.70. The second-order valence-corrected chi connectivity index (χ2v) is 8.03. The summed E-state index contributed by atoms with van der Waals surface area (Å²) in [6, 6.07) is 5.52. The van der Waals surface area contributed by atoms with Crippen molar-refractivity contribution in [1.82, 2.24) is 5.23 Å². The molecule has 26 heavy (non-hydrogen) atoms. The van der Waals surface area contributed by atoms with Crippen LogP contribution in [0.4, 0.5) is 9.59 Å². The molecule has 0 atom stereocenters. The van der Waals surface area contributed by atoms with Crippen LogP contribution in [0.1, 0.15) is 46.6 Å². The number of rotatable bonds is 5. The molecule has 8 heteroatoms. The third-order valence-electron chi connectivity index (χ3n) is 2.89. The van der Waals surface area contributed by atoms with Gasteiger partial charge in [-0.15, -0.1) is 0 Å². The van der Waals surface area contributed by atoms with Gasteiger partial charge in [0.2, 0.25) is 0 Å². The number of nitrogens with one attached hydrogen (secondary N) is 1. The molecule has 1 amide bonds. The number of ether oxygens (including phenoxy) is 2. The summed E-state index contributed by atoms with van der Waals surface area (Å²) in [6.07, 6.45) is 1.46. The van der Waals surface area contributed by atoms with Gasteiger partial charge in [-0.3, -0.25) is 4.79 Å². The van der Waals surface area contributed by atoms with E-state index in [1.54, 1.807) is 26.8 Å². The van der Waals surface area contributed by atoms with Gasteiger partial charge in [-0.25, -0.2) is 4.79 Å². The summed E-state index contributed by atoms with van der Waals surface area (Å²) < 4.78 is 10.8. The van der Waals surface area contributed by atoms with Crippen molar-refractivity contribution in [3.8, 4) is 0 Å². The highest BCUT2D eigenvalue weighted by Crippen LogP contribution is 2.23. The minimum atomic E-state index is -0.797. The number of methoxy groups -OCH3 is 1. The summed E-state index contributed by atoms with van der Waals surface area (Å²) in [5.41, 5.74) is 0.245. The summed E-state index contributed by atoms with van der Waals surface area (Å²) in [7, 11) is 1.28. The van der Waals surface area contributed by atoms with E-state index in [0.717, 1.165) is 10.0 Å². The fourth-order valence-corrected chi connectivity index (χ4v) is 2.63. The molecule has 0 aliphatic carbocycles. The zero-order chi connectivity index (χ0) is 20.3. The fourth-order valence-electron chi connectivity index (χ4n) is 1.87. The maximum Gasteiger partial charge on any atom is 0.395 e. The zero-order valence-electron chi connectivity index (χ0n) is 16.3. The van der Waals surface area contributed by atoms with Crippen LogP contribution in [0.25, 0.3) is 0 Å². The largest absolute Gasteiger partial charge is 0.475 e. The van der Waals surface area contributed by atoms with Crippen LogP contribution in [0, 0.1) is 0 Å². The van der Waals surface area contributed by atoms with Gasteiger partial charge < -0.3 is 14.7 Å². The van der Waals surface area contributed by atoms with E-state index in [1.165, 1.54) is 13.5 Å². The predicted octanol–water partition coefficient (Wildman–Crippen LogP) is 5.93. The van der Waals surface area contributed by atoms with Crippen molar-refractivity contribution in [2.45, 2.75) is 59.4 Å². The number of hydrogen-bond donors (Lipinski definition) is 1. The lowest BCUT2D eigenvalue weighted by Crippen LogP contribution is -2.47. The number of benzene rings is 1. The number of amides is 1. The van der Waals surface area contributed by atoms with Crippen molar-refractivity contribution in [3.05, 3.63) is 33.3 Å². The first-order valence-corrected chi connectivity index (χ1v) is 9.72. The number of carbonyl (C=O) groups is 2. The van der Waals surface area contributed by atoms with Gasteiger partial charge >= 0.3 is 12.9 Å². The first-order chi connectivity index (χ1) is 12.0. The zero-order valence-corrected chi connectivity index (χ0v) is 18.7. The summed E-state index contributed by atoms with van der Waals surface area (Å²) in [6.45, 7) is 8.71. The van der Waals surface area contributed by atoms with Crippen LogP contribution < -0.4 is 5.23 Å². The maximum atomic E-state index is 11.8. The van der Waals surface area contributed by atoms with E-state index >= 15 is 0 Å². The number of halogens is 2. The maximum absolute atomic E-state index is 11.8. The molecular formula is C18H28BBrClNO4. The Morgan fingerprint density at radius 1 is 1.27 bits per heavy atom. The van der Waals surface area contributed by atoms with Gasteiger partial charge in [0.05, 0.1) is 7.11 Å². The normalized spacial score (nSPS) is 10.3. The van der Waals surface area contributed by atoms with E-state index in [-0.39, 0.29) is 0 Å². The van der Waals surface area contributed by atoms with E-state index in [0.29, 0.717) is 17.8 Å². The van der Waals surface area contributed by atoms with Gasteiger partial charge in [0.25, 0.3) is 5.87 Å². The minimum absolute atomic E-state index is 0.354. The highest BCUT2D eigenvalue weighted by atomic mass is 79.9. The van der Waals surface area contributed by atoms with Crippen LogP contribution in [-0.2, 0) is 15.9 Å². The van der Waals surface area contributed by atoms with E-state index in [2.05, 4.69) is 35.0 Å². The Bertz CT molecular complexity index is 593. The fraction of sp³-hybridized carbons (Fsp3) is 0.556. The van der Waals surface area contributed by atoms with Crippen molar-refractivity contribution >= 4 is 46.3 Å². The smallest absolute Gasteiger partial charge is 0.395 e. The van der Waals surface area contributed by atoms with Crippen LogP contribution in [0.2, 0.25) is 11.3 Å². The molecular weight excluding hydrogens is 420 g/mol. The summed E-state index contributed by atoms with van der Waals surface area (Å²) in [5.74, 6) is -0.524. The van der Waals surface area contributed by atoms with E-state index < -0.39 is 24.4 Å². The molecule has 1 aromatic carbocycles. The van der Waals surface area contributed by atoms with Crippen molar-refractivity contribution in [1.29, 1.82) is 0 Å². The van der Waals surface area contributed by atoms with Crippen molar-refractivity contribution in [2.75, 3.05) is 7.11 Å². The van der Waals surface area contributed by atoms with E-state index in [1.807, 2.05) is 12.1 Å². The molecule has 0 bridgehead atoms. The number of aryl methyl sites for hydroxylation is 1. The monoisotopic (exact) mass is 447 g/mol. The molecule has 1 N–H and O–H groups in total. The Morgan fingerprint density at radius 3 is 2.31 bits per heavy atom. The molecule has 0 fully saturated rings. The molecule has 0 saturated carbocycles. The van der Waals surface area contributed by atoms with E-state index in [4.69, 9.17) is 21.1 Å². The Balaban J connectivity index is 0.00000194. The first kappa shape index (κ1) is 24.8. The Kier molecular flexibility index (Phi) is 11.7. The van der Waals surface area contributed by atoms with Gasteiger partial charge in [-0.05, 0) is 51.2 Å². The molecule has 0 radical (unpaired) electrons. The first-order valence-electron chi connectivity index (χ1n) is 8.55. The molecule has 1 rings (SSSR count). The molecule has 146 valence electrons. The van der Waals surface area contributed by atoms with Crippen LogP contribution in [0.15, 0.2) is 22.7 Å². The van der Waals surface area contributed by atoms with Crippen LogP contribution in [0.5, 0.6) is 0 Å². The predicted molar refractivity (Wildman–Crippen MR) is 111 cm³/mol. The highest BCUT2D eigenvalue weighted by molar-refractivity contribution is 9.10. The summed E-state index contributed by atoms with van der Waals surface area (Å²) >= 11 is 9.50. The highest BCUT2D eigenvalue weighted by Gasteiger charge is 2.30. The topological polar surface area (TPSA) is 64.6 Å². The molecule has 0 aliphatic heterocycles. The number of carbonyl (C=O) groups excluding carboxylic acids is 2. The van der Waals surface area contributed by atoms with Crippen molar-refractivity contribution < 1.29 is 19.1 Å². The summed E-state index contributed by atoms with van der Waals surface area (Å²) in [5, 5.41) is 3.13. The van der Waals surface area contributed by atoms with Gasteiger partial charge in [0.1, 0.15) is 5.60 Å². The molecule has 0 aromatic heterocycles. The Hall–Kier alpha value is -1.21. The lowest BCUT2D eigenvalue weighted by molar-refractivity contribution is 0.0565. The standard InChI is InChI=1S/C15H20BBrClNO4.C3H8/c1-15(2,3)23-14(21)19-16(13(20)22-4)8-7-10-5-6-11(17)9-12(10)18;1-3-2/h5-6,9H,7-8H2,1-4H3,(H,19,21);3H2,1-2H3. The average Bonchev–Trinajstić information content (AvgIpc) is 2.51. The molecule has 0 unspecified atom stereocenters. The molecule has 0 spiro atoms. The average molecular weight is 449 g/mol. The molecule has 1 aromatic rings. The minimum Gasteiger partial charge on any atom is -0.475 e. The number of hydrogen-bond acceptors (Lipinski definition) is 4. The van der Waals surface area contributed by atoms with Gasteiger partial charge in [-0.2, -0.15) is 0 Å². The van der Waals surface area contributed by atoms with Crippen molar-refractivity contribution in [3.63, 3.8) is 0 Å². The molecule has 0 heterocycles. The molecule has 0 saturated heterocycles. The Morgan fingerprint density at radius 2 is 1.85 bits per heavy atom. The van der Waals surface area contributed by atoms with Gasteiger partial charge in [0.15, 0.2) is 0 Å². The van der Waals surface area contributed by atoms with Crippen LogP contribution >= 0.6 is 27.5 Å². The second kappa shape index (κ2) is 12.2. The summed E-state index contributed by atoms with van der Waals surface area (Å²) in [4.78, 5) is 23.7. The van der Waals surface area contributed by atoms with Gasteiger partial charge in [0, 0.05) is 9.50 Å². The lowest BCUT2D eigenvalue weighted by atomic mass is 9.58. The third kappa shape index (κ3) is 10.7. The molecule has 0 aliphatic rings. The van der Waals surface area contributed by atoms with Crippen LogP contribution in [-0.4, -0.2) is 31.5 Å². The quantitative estimate of drug-likeness (QED) is 0.568. The lowest BCUT2D eigenvalue weighted by Gasteiger charge is -2.21. The third-order valence-corrected chi connectivity index (χ3v) is 3.74. The van der Waals surface area contributed by atoms with Gasteiger partial charge in [-0.1, -0.05) is 53.9 Å². The molecule has 5 nitrogen and oxygen atoms in total. The Labute approximate surface area is 170 Å². The van der Waals surface area contributed by atoms with Crippen LogP contribution in [0.3, 0.4) is 0 Å². The SMILES string of the molecule is CCC.COC(=O)B(CCc1ccc(Br)cc1Cl)NC(=O)OC(C)(C)C. The van der Waals surface area contributed by atoms with E-state index in [9.17, 15) is 9.59 Å². The van der Waals surface area contributed by atoms with Crippen molar-refractivity contribution in [2.24, 2.45) is 0 Å².